The minimum atomic E-state index is -0.931. The van der Waals surface area contributed by atoms with Gasteiger partial charge in [0.15, 0.2) is 0 Å². The van der Waals surface area contributed by atoms with E-state index in [1.807, 2.05) is 6.07 Å². The first-order valence-corrected chi connectivity index (χ1v) is 8.21. The van der Waals surface area contributed by atoms with Gasteiger partial charge in [-0.15, -0.1) is 0 Å². The van der Waals surface area contributed by atoms with E-state index in [9.17, 15) is 9.59 Å². The quantitative estimate of drug-likeness (QED) is 0.878. The monoisotopic (exact) mass is 301 g/mol. The molecule has 1 unspecified atom stereocenters. The molecule has 22 heavy (non-hydrogen) atoms. The Labute approximate surface area is 130 Å². The highest BCUT2D eigenvalue weighted by Crippen LogP contribution is 2.56. The summed E-state index contributed by atoms with van der Waals surface area (Å²) in [5.41, 5.74) is 1.42. The lowest BCUT2D eigenvalue weighted by Gasteiger charge is -2.22. The number of benzene rings is 1. The molecule has 3 rings (SSSR count). The van der Waals surface area contributed by atoms with Crippen molar-refractivity contribution < 1.29 is 14.7 Å². The molecule has 118 valence electrons. The van der Waals surface area contributed by atoms with Crippen LogP contribution in [0.4, 0.5) is 0 Å². The van der Waals surface area contributed by atoms with Gasteiger partial charge in [-0.25, -0.2) is 4.79 Å². The predicted octanol–water partition coefficient (Wildman–Crippen LogP) is 3.16. The molecule has 0 bridgehead atoms. The maximum absolute atomic E-state index is 12.1. The molecule has 4 nitrogen and oxygen atoms in total. The van der Waals surface area contributed by atoms with Crippen LogP contribution in [0.15, 0.2) is 24.3 Å². The second-order valence-corrected chi connectivity index (χ2v) is 6.71. The summed E-state index contributed by atoms with van der Waals surface area (Å²) in [5, 5.41) is 12.3. The Kier molecular flexibility index (Phi) is 4.19. The van der Waals surface area contributed by atoms with Crippen LogP contribution in [-0.4, -0.2) is 23.0 Å². The van der Waals surface area contributed by atoms with Crippen LogP contribution in [0.2, 0.25) is 0 Å². The summed E-state index contributed by atoms with van der Waals surface area (Å²) in [5.74, 6) is -0.882. The van der Waals surface area contributed by atoms with E-state index in [2.05, 4.69) is 5.32 Å². The molecule has 0 aliphatic heterocycles. The van der Waals surface area contributed by atoms with E-state index in [1.54, 1.807) is 18.2 Å². The molecule has 0 aromatic heterocycles. The van der Waals surface area contributed by atoms with E-state index in [-0.39, 0.29) is 5.91 Å². The van der Waals surface area contributed by atoms with Gasteiger partial charge in [-0.05, 0) is 42.7 Å². The third-order valence-corrected chi connectivity index (χ3v) is 5.24. The molecule has 2 aliphatic rings. The normalized spacial score (nSPS) is 22.3. The van der Waals surface area contributed by atoms with Crippen molar-refractivity contribution in [3.05, 3.63) is 35.4 Å². The van der Waals surface area contributed by atoms with Crippen molar-refractivity contribution in [2.75, 3.05) is 0 Å². The number of carbonyl (C=O) groups is 2. The maximum Gasteiger partial charge on any atom is 0.335 e. The van der Waals surface area contributed by atoms with Gasteiger partial charge in [-0.1, -0.05) is 37.5 Å². The largest absolute Gasteiger partial charge is 0.478 e. The first kappa shape index (κ1) is 15.1. The Bertz CT molecular complexity index is 575. The average Bonchev–Trinajstić information content (AvgIpc) is 3.17. The van der Waals surface area contributed by atoms with Crippen LogP contribution in [-0.2, 0) is 11.2 Å². The Morgan fingerprint density at radius 2 is 1.91 bits per heavy atom. The molecule has 2 fully saturated rings. The molecule has 0 heterocycles. The summed E-state index contributed by atoms with van der Waals surface area (Å²) in [4.78, 5) is 23.3. The van der Waals surface area contributed by atoms with E-state index in [0.717, 1.165) is 12.0 Å². The first-order chi connectivity index (χ1) is 10.6. The summed E-state index contributed by atoms with van der Waals surface area (Å²) >= 11 is 0. The number of rotatable bonds is 5. The van der Waals surface area contributed by atoms with Crippen molar-refractivity contribution in [2.45, 2.75) is 57.4 Å². The number of amides is 1. The van der Waals surface area contributed by atoms with Gasteiger partial charge in [-0.3, -0.25) is 4.79 Å². The zero-order valence-corrected chi connectivity index (χ0v) is 12.8. The molecule has 4 heteroatoms. The number of carbonyl (C=O) groups excluding carboxylic acids is 1. The maximum atomic E-state index is 12.1. The molecular weight excluding hydrogens is 278 g/mol. The summed E-state index contributed by atoms with van der Waals surface area (Å²) in [6.07, 6.45) is 8.38. The SMILES string of the molecule is O=C(CCc1ccccc1C(=O)O)NC1CC12CCCCC2. The minimum absolute atomic E-state index is 0.0487. The lowest BCUT2D eigenvalue weighted by Crippen LogP contribution is -2.30. The van der Waals surface area contributed by atoms with E-state index >= 15 is 0 Å². The number of aromatic carboxylic acids is 1. The lowest BCUT2D eigenvalue weighted by atomic mass is 9.86. The van der Waals surface area contributed by atoms with Crippen LogP contribution < -0.4 is 5.32 Å². The van der Waals surface area contributed by atoms with E-state index in [1.165, 1.54) is 32.1 Å². The lowest BCUT2D eigenvalue weighted by molar-refractivity contribution is -0.121. The second kappa shape index (κ2) is 6.11. The summed E-state index contributed by atoms with van der Waals surface area (Å²) in [7, 11) is 0. The number of carboxylic acid groups (broad SMARTS) is 1. The van der Waals surface area contributed by atoms with Crippen molar-refractivity contribution in [1.29, 1.82) is 0 Å². The Morgan fingerprint density at radius 3 is 2.64 bits per heavy atom. The van der Waals surface area contributed by atoms with E-state index in [0.29, 0.717) is 29.9 Å². The molecule has 0 radical (unpaired) electrons. The molecule has 1 aromatic carbocycles. The molecule has 1 aromatic rings. The summed E-state index contributed by atoms with van der Waals surface area (Å²) < 4.78 is 0. The fourth-order valence-corrected chi connectivity index (χ4v) is 3.82. The average molecular weight is 301 g/mol. The van der Waals surface area contributed by atoms with Crippen LogP contribution in [0.5, 0.6) is 0 Å². The third kappa shape index (κ3) is 3.16. The highest BCUT2D eigenvalue weighted by Gasteiger charge is 2.54. The zero-order chi connectivity index (χ0) is 15.6. The number of carboxylic acids is 1. The molecule has 2 N–H and O–H groups in total. The standard InChI is InChI=1S/C18H23NO3/c20-16(19-15-12-18(15)10-4-1-5-11-18)9-8-13-6-2-3-7-14(13)17(21)22/h2-3,6-7,15H,1,4-5,8-12H2,(H,19,20)(H,21,22). The van der Waals surface area contributed by atoms with Gasteiger partial charge in [-0.2, -0.15) is 0 Å². The fraction of sp³-hybridized carbons (Fsp3) is 0.556. The molecule has 1 amide bonds. The zero-order valence-electron chi connectivity index (χ0n) is 12.8. The van der Waals surface area contributed by atoms with Crippen molar-refractivity contribution in [1.82, 2.24) is 5.32 Å². The fourth-order valence-electron chi connectivity index (χ4n) is 3.82. The van der Waals surface area contributed by atoms with E-state index in [4.69, 9.17) is 5.11 Å². The molecule has 2 aliphatic carbocycles. The van der Waals surface area contributed by atoms with Crippen molar-refractivity contribution in [3.63, 3.8) is 0 Å². The second-order valence-electron chi connectivity index (χ2n) is 6.71. The highest BCUT2D eigenvalue weighted by molar-refractivity contribution is 5.89. The van der Waals surface area contributed by atoms with Gasteiger partial charge < -0.3 is 10.4 Å². The topological polar surface area (TPSA) is 66.4 Å². The molecule has 0 saturated heterocycles. The van der Waals surface area contributed by atoms with Gasteiger partial charge in [0.25, 0.3) is 0 Å². The smallest absolute Gasteiger partial charge is 0.335 e. The Balaban J connectivity index is 1.50. The van der Waals surface area contributed by atoms with Crippen molar-refractivity contribution in [3.8, 4) is 0 Å². The van der Waals surface area contributed by atoms with Gasteiger partial charge >= 0.3 is 5.97 Å². The molecule has 2 saturated carbocycles. The van der Waals surface area contributed by atoms with Crippen LogP contribution in [0.25, 0.3) is 0 Å². The number of aryl methyl sites for hydroxylation is 1. The van der Waals surface area contributed by atoms with Gasteiger partial charge in [0, 0.05) is 12.5 Å². The van der Waals surface area contributed by atoms with Crippen LogP contribution >= 0.6 is 0 Å². The van der Waals surface area contributed by atoms with Gasteiger partial charge in [0.2, 0.25) is 5.91 Å². The minimum Gasteiger partial charge on any atom is -0.478 e. The number of hydrogen-bond donors (Lipinski definition) is 2. The van der Waals surface area contributed by atoms with E-state index < -0.39 is 5.97 Å². The molecular formula is C18H23NO3. The number of hydrogen-bond acceptors (Lipinski definition) is 2. The summed E-state index contributed by atoms with van der Waals surface area (Å²) in [6, 6.07) is 7.26. The van der Waals surface area contributed by atoms with Gasteiger partial charge in [0.1, 0.15) is 0 Å². The van der Waals surface area contributed by atoms with Crippen LogP contribution in [0, 0.1) is 5.41 Å². The third-order valence-electron chi connectivity index (χ3n) is 5.24. The highest BCUT2D eigenvalue weighted by atomic mass is 16.4. The predicted molar refractivity (Wildman–Crippen MR) is 83.8 cm³/mol. The van der Waals surface area contributed by atoms with Crippen molar-refractivity contribution >= 4 is 11.9 Å². The molecule has 1 atom stereocenters. The first-order valence-electron chi connectivity index (χ1n) is 8.21. The van der Waals surface area contributed by atoms with Crippen molar-refractivity contribution in [2.24, 2.45) is 5.41 Å². The Hall–Kier alpha value is -1.84. The number of nitrogens with one attached hydrogen (secondary N) is 1. The van der Waals surface area contributed by atoms with Gasteiger partial charge in [0.05, 0.1) is 5.56 Å². The Morgan fingerprint density at radius 1 is 1.18 bits per heavy atom. The molecule has 1 spiro atoms. The van der Waals surface area contributed by atoms with Crippen LogP contribution in [0.3, 0.4) is 0 Å². The summed E-state index contributed by atoms with van der Waals surface area (Å²) in [6.45, 7) is 0. The van der Waals surface area contributed by atoms with Crippen LogP contribution in [0.1, 0.15) is 60.9 Å².